The van der Waals surface area contributed by atoms with Crippen LogP contribution < -0.4 is 5.56 Å². The van der Waals surface area contributed by atoms with Gasteiger partial charge >= 0.3 is 5.97 Å². The van der Waals surface area contributed by atoms with Crippen LogP contribution in [0.5, 0.6) is 0 Å². The minimum Gasteiger partial charge on any atom is -0.439 e. The van der Waals surface area contributed by atoms with E-state index in [0.29, 0.717) is 11.8 Å². The number of hydrogen-bond donors (Lipinski definition) is 0. The molecule has 0 aliphatic heterocycles. The number of aromatic nitrogens is 1. The zero-order valence-corrected chi connectivity index (χ0v) is 15.1. The van der Waals surface area contributed by atoms with Crippen LogP contribution >= 0.6 is 34.7 Å². The van der Waals surface area contributed by atoms with Crippen LogP contribution in [0.3, 0.4) is 0 Å². The van der Waals surface area contributed by atoms with Crippen molar-refractivity contribution < 1.29 is 9.53 Å². The molecule has 2 aromatic rings. The molecule has 0 atom stereocenters. The standard InChI is InChI=1S/C17H15Cl2NO3S/c18-11-2-1-3-12(19)14(11)17(22)23-8-20-16(21)13-9-4-6-10(7-5-9)15(13)24-20/h1-3,9-10H,4-8H2. The van der Waals surface area contributed by atoms with Crippen molar-refractivity contribution in [3.8, 4) is 0 Å². The second-order valence-electron chi connectivity index (χ2n) is 6.26. The van der Waals surface area contributed by atoms with Crippen molar-refractivity contribution in [1.82, 2.24) is 3.96 Å². The van der Waals surface area contributed by atoms with Gasteiger partial charge in [-0.05, 0) is 49.7 Å². The quantitative estimate of drug-likeness (QED) is 0.716. The molecule has 0 radical (unpaired) electrons. The van der Waals surface area contributed by atoms with E-state index in [2.05, 4.69) is 0 Å². The summed E-state index contributed by atoms with van der Waals surface area (Å²) in [4.78, 5) is 26.1. The number of nitrogens with zero attached hydrogens (tertiary/aromatic N) is 1. The molecule has 1 saturated carbocycles. The first-order chi connectivity index (χ1) is 11.6. The Bertz CT molecular complexity index is 845. The normalized spacial score (nSPS) is 21.6. The van der Waals surface area contributed by atoms with E-state index in [0.717, 1.165) is 31.2 Å². The van der Waals surface area contributed by atoms with Gasteiger partial charge in [-0.1, -0.05) is 40.8 Å². The number of ether oxygens (including phenoxy) is 1. The fraction of sp³-hybridized carbons (Fsp3) is 0.412. The Kier molecular flexibility index (Phi) is 4.19. The lowest BCUT2D eigenvalue weighted by atomic mass is 9.71. The van der Waals surface area contributed by atoms with Gasteiger partial charge in [0.2, 0.25) is 0 Å². The summed E-state index contributed by atoms with van der Waals surface area (Å²) >= 11 is 13.5. The van der Waals surface area contributed by atoms with Crippen LogP contribution in [0.1, 0.15) is 58.3 Å². The van der Waals surface area contributed by atoms with E-state index in [9.17, 15) is 9.59 Å². The molecule has 0 unspecified atom stereocenters. The molecule has 5 rings (SSSR count). The Balaban J connectivity index is 1.56. The minimum absolute atomic E-state index is 0.0116. The fourth-order valence-corrected chi connectivity index (χ4v) is 5.54. The smallest absolute Gasteiger partial charge is 0.342 e. The zero-order chi connectivity index (χ0) is 16.8. The Labute approximate surface area is 153 Å². The number of carbonyl (C=O) groups is 1. The highest BCUT2D eigenvalue weighted by Crippen LogP contribution is 2.49. The van der Waals surface area contributed by atoms with E-state index < -0.39 is 5.97 Å². The molecule has 0 spiro atoms. The van der Waals surface area contributed by atoms with Gasteiger partial charge in [0, 0.05) is 10.4 Å². The van der Waals surface area contributed by atoms with Crippen LogP contribution in [-0.2, 0) is 11.5 Å². The molecule has 1 aromatic carbocycles. The van der Waals surface area contributed by atoms with Gasteiger partial charge < -0.3 is 4.74 Å². The summed E-state index contributed by atoms with van der Waals surface area (Å²) in [6, 6.07) is 4.82. The first-order valence-corrected chi connectivity index (χ1v) is 9.44. The molecule has 0 N–H and O–H groups in total. The topological polar surface area (TPSA) is 48.3 Å². The van der Waals surface area contributed by atoms with Gasteiger partial charge in [0.1, 0.15) is 0 Å². The predicted octanol–water partition coefficient (Wildman–Crippen LogP) is 4.79. The number of benzene rings is 1. The minimum atomic E-state index is -0.619. The highest BCUT2D eigenvalue weighted by atomic mass is 35.5. The third-order valence-electron chi connectivity index (χ3n) is 4.92. The van der Waals surface area contributed by atoms with Crippen molar-refractivity contribution in [2.24, 2.45) is 0 Å². The third kappa shape index (κ3) is 2.59. The summed E-state index contributed by atoms with van der Waals surface area (Å²) in [5.74, 6) is 0.258. The van der Waals surface area contributed by atoms with E-state index in [-0.39, 0.29) is 27.9 Å². The SMILES string of the molecule is O=C(OCn1sc2c(c1=O)C1CCC2CC1)c1c(Cl)cccc1Cl. The number of fused-ring (bicyclic) bond motifs is 2. The Morgan fingerprint density at radius 3 is 2.42 bits per heavy atom. The molecule has 1 aromatic heterocycles. The molecule has 7 heteroatoms. The Hall–Kier alpha value is -1.30. The monoisotopic (exact) mass is 383 g/mol. The number of carbonyl (C=O) groups excluding carboxylic acids is 1. The first-order valence-electron chi connectivity index (χ1n) is 7.91. The summed E-state index contributed by atoms with van der Waals surface area (Å²) in [5.41, 5.74) is 1.08. The third-order valence-corrected chi connectivity index (χ3v) is 6.79. The molecule has 0 amide bonds. The second kappa shape index (κ2) is 6.21. The second-order valence-corrected chi connectivity index (χ2v) is 8.14. The zero-order valence-electron chi connectivity index (χ0n) is 12.8. The molecular formula is C17H15Cl2NO3S. The van der Waals surface area contributed by atoms with E-state index >= 15 is 0 Å². The van der Waals surface area contributed by atoms with E-state index in [1.807, 2.05) is 0 Å². The number of rotatable bonds is 3. The van der Waals surface area contributed by atoms with Crippen molar-refractivity contribution in [2.45, 2.75) is 44.2 Å². The average Bonchev–Trinajstić information content (AvgIpc) is 2.93. The van der Waals surface area contributed by atoms with Crippen LogP contribution in [0.15, 0.2) is 23.0 Å². The highest BCUT2D eigenvalue weighted by molar-refractivity contribution is 7.06. The Morgan fingerprint density at radius 2 is 1.79 bits per heavy atom. The van der Waals surface area contributed by atoms with Crippen molar-refractivity contribution in [1.29, 1.82) is 0 Å². The van der Waals surface area contributed by atoms with Crippen molar-refractivity contribution >= 4 is 40.7 Å². The molecule has 4 nitrogen and oxygen atoms in total. The average molecular weight is 384 g/mol. The number of hydrogen-bond acceptors (Lipinski definition) is 4. The molecule has 3 aliphatic rings. The lowest BCUT2D eigenvalue weighted by Crippen LogP contribution is -2.27. The van der Waals surface area contributed by atoms with Crippen molar-refractivity contribution in [2.75, 3.05) is 0 Å². The summed E-state index contributed by atoms with van der Waals surface area (Å²) in [6.07, 6.45) is 4.51. The van der Waals surface area contributed by atoms with Gasteiger partial charge in [0.25, 0.3) is 5.56 Å². The summed E-state index contributed by atoms with van der Waals surface area (Å²) in [7, 11) is 0. The summed E-state index contributed by atoms with van der Waals surface area (Å²) < 4.78 is 6.82. The highest BCUT2D eigenvalue weighted by Gasteiger charge is 2.37. The van der Waals surface area contributed by atoms with Crippen LogP contribution in [0.4, 0.5) is 0 Å². The Morgan fingerprint density at radius 1 is 1.17 bits per heavy atom. The predicted molar refractivity (Wildman–Crippen MR) is 94.4 cm³/mol. The van der Waals surface area contributed by atoms with Gasteiger partial charge in [-0.15, -0.1) is 0 Å². The number of esters is 1. The van der Waals surface area contributed by atoms with Gasteiger partial charge in [0.15, 0.2) is 6.73 Å². The molecule has 0 saturated heterocycles. The van der Waals surface area contributed by atoms with E-state index in [1.54, 1.807) is 18.2 Å². The van der Waals surface area contributed by atoms with Crippen LogP contribution in [0.25, 0.3) is 0 Å². The first kappa shape index (κ1) is 16.2. The van der Waals surface area contributed by atoms with Gasteiger partial charge in [-0.2, -0.15) is 0 Å². The lowest BCUT2D eigenvalue weighted by Gasteiger charge is -2.34. The molecular weight excluding hydrogens is 369 g/mol. The van der Waals surface area contributed by atoms with Crippen LogP contribution in [-0.4, -0.2) is 9.93 Å². The maximum atomic E-state index is 12.6. The molecule has 1 fully saturated rings. The lowest BCUT2D eigenvalue weighted by molar-refractivity contribution is 0.0385. The van der Waals surface area contributed by atoms with Crippen LogP contribution in [0.2, 0.25) is 10.0 Å². The summed E-state index contributed by atoms with van der Waals surface area (Å²) in [6.45, 7) is -0.101. The molecule has 24 heavy (non-hydrogen) atoms. The molecule has 1 heterocycles. The molecule has 126 valence electrons. The summed E-state index contributed by atoms with van der Waals surface area (Å²) in [5, 5.41) is 0.478. The van der Waals surface area contributed by atoms with Crippen LogP contribution in [0, 0.1) is 0 Å². The van der Waals surface area contributed by atoms with Crippen molar-refractivity contribution in [3.05, 3.63) is 54.6 Å². The maximum absolute atomic E-state index is 12.6. The van der Waals surface area contributed by atoms with E-state index in [1.165, 1.54) is 20.4 Å². The largest absolute Gasteiger partial charge is 0.439 e. The molecule has 3 aliphatic carbocycles. The maximum Gasteiger partial charge on any atom is 0.342 e. The fourth-order valence-electron chi connectivity index (χ4n) is 3.73. The van der Waals surface area contributed by atoms with Gasteiger partial charge in [0.05, 0.1) is 15.6 Å². The van der Waals surface area contributed by atoms with Crippen molar-refractivity contribution in [3.63, 3.8) is 0 Å². The molecule has 2 bridgehead atoms. The van der Waals surface area contributed by atoms with Gasteiger partial charge in [-0.3, -0.25) is 4.79 Å². The number of halogens is 2. The van der Waals surface area contributed by atoms with E-state index in [4.69, 9.17) is 27.9 Å². The van der Waals surface area contributed by atoms with Gasteiger partial charge in [-0.25, -0.2) is 8.75 Å².